The highest BCUT2D eigenvalue weighted by Crippen LogP contribution is 2.32. The molecule has 0 amide bonds. The molecule has 0 radical (unpaired) electrons. The molecule has 0 atom stereocenters. The summed E-state index contributed by atoms with van der Waals surface area (Å²) in [6, 6.07) is 8.07. The molecule has 3 aromatic rings. The van der Waals surface area contributed by atoms with Crippen molar-refractivity contribution in [2.24, 2.45) is 5.14 Å². The minimum atomic E-state index is -4.63. The highest BCUT2D eigenvalue weighted by molar-refractivity contribution is 7.89. The van der Waals surface area contributed by atoms with E-state index in [4.69, 9.17) is 5.14 Å². The number of aromatic nitrogens is 2. The van der Waals surface area contributed by atoms with Gasteiger partial charge in [0.2, 0.25) is 10.0 Å². The molecular weight excluding hydrogens is 411 g/mol. The van der Waals surface area contributed by atoms with E-state index in [1.165, 1.54) is 4.68 Å². The molecule has 2 aromatic carbocycles. The van der Waals surface area contributed by atoms with E-state index in [1.807, 2.05) is 6.92 Å². The fourth-order valence-electron chi connectivity index (χ4n) is 3.62. The first-order chi connectivity index (χ1) is 13.7. The fourth-order valence-corrected chi connectivity index (χ4v) is 4.78. The lowest BCUT2D eigenvalue weighted by molar-refractivity contribution is -0.141. The second-order valence-corrected chi connectivity index (χ2v) is 8.91. The van der Waals surface area contributed by atoms with Gasteiger partial charge in [0.1, 0.15) is 31.4 Å². The van der Waals surface area contributed by atoms with Gasteiger partial charge in [-0.25, -0.2) is 18.2 Å². The Balaban J connectivity index is 2.41. The number of nitrogens with zero attached hydrogens (tertiary/aromatic N) is 2. The van der Waals surface area contributed by atoms with Crippen molar-refractivity contribution in [1.29, 1.82) is 0 Å². The molecule has 0 saturated heterocycles. The number of nitrogens with two attached hydrogens (primary N) is 1. The SMILES string of the molecule is Bc1c(B)c(S(N)(=O)=O)c(B)c(B)c1-n1nc(C(F)(F)F)cc1-c1ccc(C)cc1. The van der Waals surface area contributed by atoms with Crippen molar-refractivity contribution in [3.8, 4) is 16.9 Å². The van der Waals surface area contributed by atoms with E-state index in [1.54, 1.807) is 55.7 Å². The molecule has 0 aliphatic heterocycles. The van der Waals surface area contributed by atoms with Crippen LogP contribution in [0.2, 0.25) is 0 Å². The third kappa shape index (κ3) is 3.83. The number of primary sulfonamides is 1. The maximum Gasteiger partial charge on any atom is 0.435 e. The molecule has 0 aliphatic carbocycles. The van der Waals surface area contributed by atoms with Crippen molar-refractivity contribution < 1.29 is 21.6 Å². The van der Waals surface area contributed by atoms with Gasteiger partial charge in [0.15, 0.2) is 5.69 Å². The zero-order valence-corrected chi connectivity index (χ0v) is 18.0. The minimum absolute atomic E-state index is 0.0127. The molecule has 152 valence electrons. The summed E-state index contributed by atoms with van der Waals surface area (Å²) in [6.45, 7) is 1.88. The van der Waals surface area contributed by atoms with Gasteiger partial charge in [0, 0.05) is 5.56 Å². The Morgan fingerprint density at radius 2 is 1.47 bits per heavy atom. The Hall–Kier alpha value is -2.39. The average molecular weight is 429 g/mol. The van der Waals surface area contributed by atoms with Gasteiger partial charge in [-0.1, -0.05) is 51.7 Å². The first-order valence-electron chi connectivity index (χ1n) is 9.11. The monoisotopic (exact) mass is 429 g/mol. The lowest BCUT2D eigenvalue weighted by Gasteiger charge is -2.22. The van der Waals surface area contributed by atoms with Crippen LogP contribution in [0.4, 0.5) is 13.2 Å². The molecule has 5 nitrogen and oxygen atoms in total. The molecule has 1 aromatic heterocycles. The van der Waals surface area contributed by atoms with Crippen LogP contribution in [0.15, 0.2) is 35.2 Å². The molecule has 13 heteroatoms. The van der Waals surface area contributed by atoms with Crippen molar-refractivity contribution in [1.82, 2.24) is 9.78 Å². The van der Waals surface area contributed by atoms with Gasteiger partial charge in [-0.3, -0.25) is 0 Å². The molecule has 3 rings (SSSR count). The van der Waals surface area contributed by atoms with E-state index in [9.17, 15) is 21.6 Å². The molecule has 30 heavy (non-hydrogen) atoms. The Kier molecular flexibility index (Phi) is 5.49. The Bertz CT molecular complexity index is 1230. The summed E-state index contributed by atoms with van der Waals surface area (Å²) >= 11 is 0. The molecule has 2 N–H and O–H groups in total. The van der Waals surface area contributed by atoms with Gasteiger partial charge in [0.25, 0.3) is 0 Å². The summed E-state index contributed by atoms with van der Waals surface area (Å²) in [6.07, 6.45) is -4.63. The van der Waals surface area contributed by atoms with Crippen molar-refractivity contribution in [3.05, 3.63) is 41.6 Å². The van der Waals surface area contributed by atoms with Gasteiger partial charge in [-0.2, -0.15) is 18.3 Å². The van der Waals surface area contributed by atoms with E-state index < -0.39 is 21.9 Å². The van der Waals surface area contributed by atoms with E-state index >= 15 is 0 Å². The van der Waals surface area contributed by atoms with Crippen LogP contribution in [0, 0.1) is 6.92 Å². The molecule has 0 fully saturated rings. The smallest absolute Gasteiger partial charge is 0.234 e. The lowest BCUT2D eigenvalue weighted by Crippen LogP contribution is -2.49. The number of hydrogen-bond acceptors (Lipinski definition) is 3. The summed E-state index contributed by atoms with van der Waals surface area (Å²) < 4.78 is 65.9. The minimum Gasteiger partial charge on any atom is -0.234 e. The first-order valence-corrected chi connectivity index (χ1v) is 10.7. The lowest BCUT2D eigenvalue weighted by atomic mass is 9.69. The number of aryl methyl sites for hydroxylation is 1. The summed E-state index contributed by atoms with van der Waals surface area (Å²) in [7, 11) is 2.48. The topological polar surface area (TPSA) is 78.0 Å². The van der Waals surface area contributed by atoms with Gasteiger partial charge in [-0.15, -0.1) is 0 Å². The van der Waals surface area contributed by atoms with E-state index in [2.05, 4.69) is 5.10 Å². The van der Waals surface area contributed by atoms with E-state index in [0.717, 1.165) is 11.6 Å². The third-order valence-electron chi connectivity index (χ3n) is 5.36. The second kappa shape index (κ2) is 7.39. The maximum atomic E-state index is 13.5. The predicted octanol–water partition coefficient (Wildman–Crippen LogP) is -3.45. The van der Waals surface area contributed by atoms with Crippen molar-refractivity contribution in [2.45, 2.75) is 18.0 Å². The predicted molar refractivity (Wildman–Crippen MR) is 123 cm³/mol. The Labute approximate surface area is 176 Å². The summed E-state index contributed by atoms with van der Waals surface area (Å²) in [5.74, 6) is 0. The molecule has 1 heterocycles. The van der Waals surface area contributed by atoms with Crippen LogP contribution >= 0.6 is 0 Å². The largest absolute Gasteiger partial charge is 0.435 e. The zero-order chi connectivity index (χ0) is 22.6. The quantitative estimate of drug-likeness (QED) is 0.441. The molecule has 0 saturated carbocycles. The van der Waals surface area contributed by atoms with Crippen LogP contribution in [-0.2, 0) is 16.2 Å². The van der Waals surface area contributed by atoms with Crippen molar-refractivity contribution in [2.75, 3.05) is 0 Å². The average Bonchev–Trinajstić information content (AvgIpc) is 3.05. The number of sulfonamides is 1. The van der Waals surface area contributed by atoms with Crippen LogP contribution in [0.3, 0.4) is 0 Å². The van der Waals surface area contributed by atoms with Gasteiger partial charge < -0.3 is 0 Å². The third-order valence-corrected chi connectivity index (χ3v) is 6.54. The van der Waals surface area contributed by atoms with E-state index in [-0.39, 0.29) is 10.6 Å². The second-order valence-electron chi connectivity index (χ2n) is 7.41. The fraction of sp³-hybridized carbons (Fsp3) is 0.118. The molecule has 0 aliphatic rings. The summed E-state index contributed by atoms with van der Waals surface area (Å²) in [4.78, 5) is -0.0127. The van der Waals surface area contributed by atoms with Crippen molar-refractivity contribution >= 4 is 63.3 Å². The maximum absolute atomic E-state index is 13.5. The van der Waals surface area contributed by atoms with Crippen LogP contribution < -0.4 is 27.0 Å². The number of hydrogen-bond donors (Lipinski definition) is 1. The van der Waals surface area contributed by atoms with Gasteiger partial charge >= 0.3 is 6.18 Å². The number of halogens is 3. The molecular formula is C17H18B4F3N3O2S. The van der Waals surface area contributed by atoms with Crippen LogP contribution in [0.5, 0.6) is 0 Å². The first kappa shape index (κ1) is 22.3. The molecule has 0 unspecified atom stereocenters. The number of benzene rings is 2. The summed E-state index contributed by atoms with van der Waals surface area (Å²) in [5.41, 5.74) is 2.93. The van der Waals surface area contributed by atoms with Crippen LogP contribution in [0.1, 0.15) is 11.3 Å². The van der Waals surface area contributed by atoms with Gasteiger partial charge in [-0.05, 0) is 13.0 Å². The van der Waals surface area contributed by atoms with Crippen LogP contribution in [0.25, 0.3) is 16.9 Å². The van der Waals surface area contributed by atoms with E-state index in [0.29, 0.717) is 33.1 Å². The molecule has 0 spiro atoms. The highest BCUT2D eigenvalue weighted by Gasteiger charge is 2.36. The number of alkyl halides is 3. The number of rotatable bonds is 3. The zero-order valence-electron chi connectivity index (χ0n) is 17.2. The normalized spacial score (nSPS) is 12.3. The Morgan fingerprint density at radius 3 is 1.90 bits per heavy atom. The van der Waals surface area contributed by atoms with Crippen LogP contribution in [-0.4, -0.2) is 49.6 Å². The highest BCUT2D eigenvalue weighted by atomic mass is 32.2. The molecule has 0 bridgehead atoms. The Morgan fingerprint density at radius 1 is 0.967 bits per heavy atom. The standard InChI is InChI=1S/C17H18B4F3N3O2S/c1-7-2-4-8(5-3-7)9-6-10(17(22,23)24)26-27(9)15-11(18)13(20)16(30(25,28)29)14(21)12(15)19/h2-6H,18-21H2,1H3,(H2,25,28,29). The van der Waals surface area contributed by atoms with Crippen molar-refractivity contribution in [3.63, 3.8) is 0 Å². The van der Waals surface area contributed by atoms with Gasteiger partial charge in [0.05, 0.1) is 16.3 Å². The summed E-state index contributed by atoms with van der Waals surface area (Å²) in [5, 5.41) is 9.24.